The van der Waals surface area contributed by atoms with E-state index in [1.807, 2.05) is 0 Å². The maximum Gasteiger partial charge on any atom is 0.332 e. The van der Waals surface area contributed by atoms with Crippen molar-refractivity contribution in [2.24, 2.45) is 0 Å². The van der Waals surface area contributed by atoms with Gasteiger partial charge in [0.1, 0.15) is 42.7 Å². The Labute approximate surface area is 159 Å². The number of aliphatic hydroxyl groups is 9. The van der Waals surface area contributed by atoms with Crippen LogP contribution in [0.4, 0.5) is 0 Å². The first kappa shape index (κ1) is 25.1. The van der Waals surface area contributed by atoms with Crippen molar-refractivity contribution in [3.8, 4) is 0 Å². The van der Waals surface area contributed by atoms with E-state index >= 15 is 0 Å². The molecular formula is C15H28O13. The van der Waals surface area contributed by atoms with Gasteiger partial charge in [0.25, 0.3) is 0 Å². The maximum atomic E-state index is 11.3. The van der Waals surface area contributed by atoms with Crippen molar-refractivity contribution in [3.63, 3.8) is 0 Å². The van der Waals surface area contributed by atoms with Crippen LogP contribution >= 0.6 is 0 Å². The smallest absolute Gasteiger partial charge is 0.332 e. The topological polar surface area (TPSA) is 238 Å². The van der Waals surface area contributed by atoms with Crippen LogP contribution in [0.5, 0.6) is 0 Å². The van der Waals surface area contributed by atoms with Crippen LogP contribution in [0.1, 0.15) is 13.3 Å². The zero-order valence-electron chi connectivity index (χ0n) is 15.0. The van der Waals surface area contributed by atoms with Crippen LogP contribution in [0.2, 0.25) is 0 Å². The fourth-order valence-electron chi connectivity index (χ4n) is 2.59. The van der Waals surface area contributed by atoms with E-state index in [9.17, 15) is 50.8 Å². The maximum absolute atomic E-state index is 11.3. The number of hydrogen-bond donors (Lipinski definition) is 10. The molecule has 11 atom stereocenters. The van der Waals surface area contributed by atoms with E-state index in [2.05, 4.69) is 0 Å². The highest BCUT2D eigenvalue weighted by Gasteiger charge is 2.43. The molecule has 0 spiro atoms. The Bertz CT molecular complexity index is 489. The number of carbonyl (C=O) groups is 1. The lowest BCUT2D eigenvalue weighted by molar-refractivity contribution is -0.290. The molecule has 1 aliphatic heterocycles. The Kier molecular flexibility index (Phi) is 9.58. The normalized spacial score (nSPS) is 34.9. The predicted octanol–water partition coefficient (Wildman–Crippen LogP) is -5.53. The first-order valence-corrected chi connectivity index (χ1v) is 8.50. The molecule has 0 radical (unpaired) electrons. The minimum Gasteiger partial charge on any atom is -0.479 e. The van der Waals surface area contributed by atoms with E-state index in [4.69, 9.17) is 14.6 Å². The van der Waals surface area contributed by atoms with E-state index in [-0.39, 0.29) is 0 Å². The van der Waals surface area contributed by atoms with Crippen molar-refractivity contribution < 1.29 is 65.3 Å². The number of carboxylic acids is 1. The second-order valence-corrected chi connectivity index (χ2v) is 6.71. The Hall–Kier alpha value is -0.970. The summed E-state index contributed by atoms with van der Waals surface area (Å²) >= 11 is 0. The van der Waals surface area contributed by atoms with Crippen LogP contribution in [0, 0.1) is 0 Å². The SMILES string of the molecule is C[C@@H](O)[C@H](O)[C@@H](O)[C@@H](O)[C@@H](O)C[C@H](OC[C@H]1OC(O)[C@H](O)[C@@H](O)[C@@H]1O)C(=O)O. The number of aliphatic hydroxyl groups excluding tert-OH is 9. The van der Waals surface area contributed by atoms with Crippen LogP contribution in [0.15, 0.2) is 0 Å². The average molecular weight is 416 g/mol. The summed E-state index contributed by atoms with van der Waals surface area (Å²) in [7, 11) is 0. The summed E-state index contributed by atoms with van der Waals surface area (Å²) in [5.74, 6) is -1.58. The van der Waals surface area contributed by atoms with E-state index in [1.54, 1.807) is 0 Å². The molecule has 28 heavy (non-hydrogen) atoms. The third-order valence-corrected chi connectivity index (χ3v) is 4.47. The Balaban J connectivity index is 2.67. The zero-order chi connectivity index (χ0) is 21.8. The van der Waals surface area contributed by atoms with Crippen molar-refractivity contribution >= 4 is 5.97 Å². The van der Waals surface area contributed by atoms with Crippen LogP contribution in [-0.2, 0) is 14.3 Å². The number of carboxylic acid groups (broad SMARTS) is 1. The Morgan fingerprint density at radius 3 is 2.00 bits per heavy atom. The molecule has 1 rings (SSSR count). The standard InChI is InChI=1S/C15H28O13/c1-4(16)8(18)11(21)9(19)5(17)2-6(14(24)25)27-3-7-10(20)12(22)13(23)15(26)28-7/h4-13,15-23,26H,2-3H2,1H3,(H,24,25)/t4-,5+,6+,7-,8+,9+,10-,11-,12+,13-,15?/m1/s1. The van der Waals surface area contributed by atoms with Crippen LogP contribution in [-0.4, -0.2) is 131 Å². The average Bonchev–Trinajstić information content (AvgIpc) is 2.64. The molecule has 13 heteroatoms. The Morgan fingerprint density at radius 2 is 1.50 bits per heavy atom. The molecule has 1 unspecified atom stereocenters. The molecule has 0 bridgehead atoms. The lowest BCUT2D eigenvalue weighted by Gasteiger charge is -2.38. The first-order chi connectivity index (χ1) is 12.9. The quantitative estimate of drug-likeness (QED) is 0.160. The molecule has 13 nitrogen and oxygen atoms in total. The van der Waals surface area contributed by atoms with E-state index < -0.39 is 86.3 Å². The minimum atomic E-state index is -2.01. The first-order valence-electron chi connectivity index (χ1n) is 8.50. The second kappa shape index (κ2) is 10.7. The lowest BCUT2D eigenvalue weighted by Crippen LogP contribution is -2.59. The van der Waals surface area contributed by atoms with E-state index in [1.165, 1.54) is 0 Å². The van der Waals surface area contributed by atoms with Crippen LogP contribution < -0.4 is 0 Å². The molecule has 1 heterocycles. The van der Waals surface area contributed by atoms with Gasteiger partial charge in [-0.05, 0) is 6.92 Å². The van der Waals surface area contributed by atoms with Crippen molar-refractivity contribution in [2.75, 3.05) is 6.61 Å². The molecule has 1 fully saturated rings. The molecule has 0 aromatic heterocycles. The zero-order valence-corrected chi connectivity index (χ0v) is 15.0. The highest BCUT2D eigenvalue weighted by molar-refractivity contribution is 5.72. The molecule has 0 aromatic rings. The van der Waals surface area contributed by atoms with E-state index in [0.29, 0.717) is 0 Å². The molecule has 0 aliphatic carbocycles. The fraction of sp³-hybridized carbons (Fsp3) is 0.933. The van der Waals surface area contributed by atoms with Gasteiger partial charge in [0.15, 0.2) is 12.4 Å². The third-order valence-electron chi connectivity index (χ3n) is 4.47. The molecule has 1 aliphatic rings. The largest absolute Gasteiger partial charge is 0.479 e. The summed E-state index contributed by atoms with van der Waals surface area (Å²) in [6.45, 7) is 0.464. The summed E-state index contributed by atoms with van der Waals surface area (Å²) in [5, 5.41) is 95.4. The summed E-state index contributed by atoms with van der Waals surface area (Å²) < 4.78 is 9.83. The molecule has 0 amide bonds. The molecule has 10 N–H and O–H groups in total. The van der Waals surface area contributed by atoms with Crippen molar-refractivity contribution in [3.05, 3.63) is 0 Å². The van der Waals surface area contributed by atoms with Crippen LogP contribution in [0.3, 0.4) is 0 Å². The second-order valence-electron chi connectivity index (χ2n) is 6.71. The van der Waals surface area contributed by atoms with Gasteiger partial charge in [-0.1, -0.05) is 0 Å². The summed E-state index contributed by atoms with van der Waals surface area (Å²) in [5.41, 5.74) is 0. The van der Waals surface area contributed by atoms with Gasteiger partial charge in [-0.15, -0.1) is 0 Å². The van der Waals surface area contributed by atoms with Gasteiger partial charge in [-0.2, -0.15) is 0 Å². The van der Waals surface area contributed by atoms with Gasteiger partial charge in [-0.3, -0.25) is 0 Å². The number of hydrogen-bond acceptors (Lipinski definition) is 12. The number of ether oxygens (including phenoxy) is 2. The van der Waals surface area contributed by atoms with Gasteiger partial charge in [0.2, 0.25) is 0 Å². The molecular weight excluding hydrogens is 388 g/mol. The number of rotatable bonds is 10. The fourth-order valence-corrected chi connectivity index (χ4v) is 2.59. The summed E-state index contributed by atoms with van der Waals surface area (Å²) in [6, 6.07) is 0. The van der Waals surface area contributed by atoms with Gasteiger partial charge < -0.3 is 60.5 Å². The van der Waals surface area contributed by atoms with Crippen molar-refractivity contribution in [1.29, 1.82) is 0 Å². The van der Waals surface area contributed by atoms with Gasteiger partial charge >= 0.3 is 5.97 Å². The highest BCUT2D eigenvalue weighted by atomic mass is 16.6. The van der Waals surface area contributed by atoms with Gasteiger partial charge in [0.05, 0.1) is 18.8 Å². The monoisotopic (exact) mass is 416 g/mol. The highest BCUT2D eigenvalue weighted by Crippen LogP contribution is 2.21. The summed E-state index contributed by atoms with van der Waals surface area (Å²) in [6.07, 6.45) is -20.1. The van der Waals surface area contributed by atoms with Gasteiger partial charge in [0, 0.05) is 6.42 Å². The third kappa shape index (κ3) is 6.27. The predicted molar refractivity (Wildman–Crippen MR) is 86.6 cm³/mol. The minimum absolute atomic E-state index is 0.666. The lowest BCUT2D eigenvalue weighted by atomic mass is 9.96. The van der Waals surface area contributed by atoms with Crippen molar-refractivity contribution in [2.45, 2.75) is 80.7 Å². The molecule has 166 valence electrons. The molecule has 0 saturated carbocycles. The summed E-state index contributed by atoms with van der Waals surface area (Å²) in [4.78, 5) is 11.3. The molecule has 1 saturated heterocycles. The van der Waals surface area contributed by atoms with E-state index in [0.717, 1.165) is 6.92 Å². The molecule has 0 aromatic carbocycles. The van der Waals surface area contributed by atoms with Crippen LogP contribution in [0.25, 0.3) is 0 Å². The number of aliphatic carboxylic acids is 1. The van der Waals surface area contributed by atoms with Crippen molar-refractivity contribution in [1.82, 2.24) is 0 Å². The van der Waals surface area contributed by atoms with Gasteiger partial charge in [-0.25, -0.2) is 4.79 Å². The Morgan fingerprint density at radius 1 is 0.929 bits per heavy atom.